The summed E-state index contributed by atoms with van der Waals surface area (Å²) < 4.78 is 0. The van der Waals surface area contributed by atoms with Gasteiger partial charge in [0, 0.05) is 0 Å². The molecule has 0 aliphatic carbocycles. The van der Waals surface area contributed by atoms with Gasteiger partial charge in [-0.25, -0.2) is 0 Å². The average molecular weight is 222 g/mol. The second-order valence-electron chi connectivity index (χ2n) is 3.98. The molecule has 78 valence electrons. The Bertz CT molecular complexity index is 194. The number of nitriles is 1. The maximum atomic E-state index is 8.81. The molecule has 0 saturated carbocycles. The third-order valence-electron chi connectivity index (χ3n) is 3.32. The minimum absolute atomic E-state index is 0.106. The van der Waals surface area contributed by atoms with E-state index in [4.69, 9.17) is 16.5 Å². The second kappa shape index (κ2) is 4.63. The molecular weight excluding hydrogens is 201 g/mol. The van der Waals surface area contributed by atoms with Crippen molar-refractivity contribution in [1.82, 2.24) is 0 Å². The van der Waals surface area contributed by atoms with Gasteiger partial charge in [-0.2, -0.15) is 0 Å². The summed E-state index contributed by atoms with van der Waals surface area (Å²) in [6, 6.07) is 2.30. The van der Waals surface area contributed by atoms with E-state index in [1.54, 1.807) is 0 Å². The van der Waals surface area contributed by atoms with Gasteiger partial charge < -0.3 is 0 Å². The first-order valence-electron chi connectivity index (χ1n) is 5.05. The van der Waals surface area contributed by atoms with Gasteiger partial charge in [-0.05, 0) is 0 Å². The van der Waals surface area contributed by atoms with Gasteiger partial charge in [-0.3, -0.25) is 0 Å². The molecule has 1 unspecified atom stereocenters. The van der Waals surface area contributed by atoms with Crippen LogP contribution in [0.3, 0.4) is 0 Å². The van der Waals surface area contributed by atoms with Crippen LogP contribution in [0.4, 0.5) is 0 Å². The predicted molar refractivity (Wildman–Crippen MR) is 64.0 cm³/mol. The molecule has 0 bridgehead atoms. The van der Waals surface area contributed by atoms with Gasteiger partial charge in [0.05, 0.1) is 0 Å². The van der Waals surface area contributed by atoms with Crippen LogP contribution in [0.15, 0.2) is 0 Å². The van der Waals surface area contributed by atoms with Crippen molar-refractivity contribution in [1.29, 1.82) is 5.26 Å². The summed E-state index contributed by atoms with van der Waals surface area (Å²) in [5.74, 6) is -1.91. The van der Waals surface area contributed by atoms with Gasteiger partial charge in [0.2, 0.25) is 0 Å². The molecule has 0 aromatic rings. The molecule has 0 amide bonds. The molecular formula is C10H21ClNP. The normalized spacial score (nSPS) is 17.1. The first-order chi connectivity index (χ1) is 5.93. The monoisotopic (exact) mass is 221 g/mol. The molecule has 0 rings (SSSR count). The quantitative estimate of drug-likeness (QED) is 0.646. The molecule has 0 N–H and O–H groups in total. The fourth-order valence-electron chi connectivity index (χ4n) is 1.78. The zero-order valence-electron chi connectivity index (χ0n) is 9.18. The van der Waals surface area contributed by atoms with Crippen LogP contribution in [0, 0.1) is 17.2 Å². The predicted octanol–water partition coefficient (Wildman–Crippen LogP) is 3.91. The summed E-state index contributed by atoms with van der Waals surface area (Å²) in [6.45, 7) is 8.48. The zero-order chi connectivity index (χ0) is 10.6. The van der Waals surface area contributed by atoms with Crippen LogP contribution >= 0.6 is 17.2 Å². The molecule has 3 heteroatoms. The van der Waals surface area contributed by atoms with Crippen molar-refractivity contribution in [2.45, 2.75) is 27.7 Å². The first-order valence-corrected chi connectivity index (χ1v) is 8.94. The Balaban J connectivity index is 4.70. The Morgan fingerprint density at radius 1 is 1.23 bits per heavy atom. The molecule has 0 heterocycles. The van der Waals surface area contributed by atoms with Crippen molar-refractivity contribution in [3.63, 3.8) is 0 Å². The van der Waals surface area contributed by atoms with Crippen molar-refractivity contribution in [2.75, 3.05) is 24.6 Å². The Kier molecular flexibility index (Phi) is 4.70. The van der Waals surface area contributed by atoms with Gasteiger partial charge in [0.15, 0.2) is 0 Å². The van der Waals surface area contributed by atoms with Gasteiger partial charge in [0.1, 0.15) is 0 Å². The second-order valence-corrected chi connectivity index (χ2v) is 12.8. The molecule has 0 saturated heterocycles. The Labute approximate surface area is 87.2 Å². The summed E-state index contributed by atoms with van der Waals surface area (Å²) >= 11 is 6.80. The van der Waals surface area contributed by atoms with E-state index in [0.717, 1.165) is 24.6 Å². The number of nitrogens with zero attached hydrogens (tertiary/aromatic N) is 1. The van der Waals surface area contributed by atoms with E-state index in [-0.39, 0.29) is 5.92 Å². The van der Waals surface area contributed by atoms with Crippen LogP contribution in [-0.2, 0) is 0 Å². The molecule has 0 aliphatic heterocycles. The SMILES string of the molecule is CCP(Cl)(CC)(CC)CC(C)C#N. The summed E-state index contributed by atoms with van der Waals surface area (Å²) in [5.41, 5.74) is 0. The first kappa shape index (κ1) is 13.2. The van der Waals surface area contributed by atoms with Crippen LogP contribution in [0.25, 0.3) is 0 Å². The van der Waals surface area contributed by atoms with E-state index in [9.17, 15) is 0 Å². The Morgan fingerprint density at radius 2 is 1.62 bits per heavy atom. The third-order valence-corrected chi connectivity index (χ3v) is 12.1. The summed E-state index contributed by atoms with van der Waals surface area (Å²) in [4.78, 5) is 0. The van der Waals surface area contributed by atoms with E-state index in [0.29, 0.717) is 0 Å². The zero-order valence-corrected chi connectivity index (χ0v) is 10.8. The fraction of sp³-hybridized carbons (Fsp3) is 0.900. The van der Waals surface area contributed by atoms with E-state index >= 15 is 0 Å². The van der Waals surface area contributed by atoms with Gasteiger partial charge in [-0.1, -0.05) is 0 Å². The summed E-state index contributed by atoms with van der Waals surface area (Å²) in [6.07, 6.45) is 4.11. The van der Waals surface area contributed by atoms with Crippen molar-refractivity contribution in [2.24, 2.45) is 5.92 Å². The molecule has 1 atom stereocenters. The van der Waals surface area contributed by atoms with E-state index in [1.807, 2.05) is 6.92 Å². The van der Waals surface area contributed by atoms with Gasteiger partial charge in [-0.15, -0.1) is 0 Å². The number of hydrogen-bond donors (Lipinski definition) is 0. The molecule has 0 fully saturated rings. The Morgan fingerprint density at radius 3 is 1.85 bits per heavy atom. The fourth-order valence-corrected chi connectivity index (χ4v) is 5.97. The van der Waals surface area contributed by atoms with Crippen molar-refractivity contribution >= 4 is 17.2 Å². The van der Waals surface area contributed by atoms with Crippen LogP contribution in [0.5, 0.6) is 0 Å². The van der Waals surface area contributed by atoms with Crippen molar-refractivity contribution in [3.8, 4) is 6.07 Å². The molecule has 0 aliphatic rings. The van der Waals surface area contributed by atoms with Crippen molar-refractivity contribution in [3.05, 3.63) is 0 Å². The van der Waals surface area contributed by atoms with Crippen LogP contribution < -0.4 is 0 Å². The molecule has 0 aromatic carbocycles. The molecule has 1 nitrogen and oxygen atoms in total. The standard InChI is InChI=1S/C10H21ClNP/c1-5-13(11,6-2,7-3)9-10(4)8-12/h10H,5-7,9H2,1-4H3. The molecule has 0 spiro atoms. The summed E-state index contributed by atoms with van der Waals surface area (Å²) in [5, 5.41) is 8.81. The number of rotatable bonds is 5. The van der Waals surface area contributed by atoms with Gasteiger partial charge >= 0.3 is 86.8 Å². The molecule has 0 aromatic heterocycles. The third kappa shape index (κ3) is 3.12. The van der Waals surface area contributed by atoms with Crippen LogP contribution in [-0.4, -0.2) is 24.6 Å². The van der Waals surface area contributed by atoms with Crippen molar-refractivity contribution < 1.29 is 0 Å². The van der Waals surface area contributed by atoms with E-state index < -0.39 is 5.96 Å². The number of hydrogen-bond acceptors (Lipinski definition) is 1. The molecule has 0 radical (unpaired) electrons. The summed E-state index contributed by atoms with van der Waals surface area (Å²) in [7, 11) is 0. The minimum atomic E-state index is -2.02. The van der Waals surface area contributed by atoms with E-state index in [1.165, 1.54) is 0 Å². The van der Waals surface area contributed by atoms with Gasteiger partial charge in [0.25, 0.3) is 0 Å². The average Bonchev–Trinajstić information content (AvgIpc) is 2.18. The maximum absolute atomic E-state index is 8.81. The number of halogens is 1. The Hall–Kier alpha value is 0.210. The topological polar surface area (TPSA) is 23.8 Å². The van der Waals surface area contributed by atoms with Crippen LogP contribution in [0.2, 0.25) is 0 Å². The van der Waals surface area contributed by atoms with E-state index in [2.05, 4.69) is 26.8 Å². The molecule has 13 heavy (non-hydrogen) atoms. The van der Waals surface area contributed by atoms with Crippen LogP contribution in [0.1, 0.15) is 27.7 Å².